The average molecular weight is 550 g/mol. The molecule has 2 amide bonds. The van der Waals surface area contributed by atoms with Crippen LogP contribution in [0.25, 0.3) is 0 Å². The Kier molecular flexibility index (Phi) is 8.96. The Morgan fingerprint density at radius 2 is 2.00 bits per heavy atom. The normalized spacial score (nSPS) is 27.3. The highest BCUT2D eigenvalue weighted by Gasteiger charge is 2.45. The number of nitrogens with one attached hydrogen (secondary N) is 2. The van der Waals surface area contributed by atoms with E-state index in [0.29, 0.717) is 6.07 Å². The number of hydrogen-bond acceptors (Lipinski definition) is 9. The molecule has 4 atom stereocenters. The van der Waals surface area contributed by atoms with Gasteiger partial charge in [-0.2, -0.15) is 25.8 Å². The SMILES string of the molecule is CCOC1OC(=O)CC1NC(=O)CC1(S)CCN(S)CC(NC(=O)c2cccc(C(F)(F)F)c2)C1=O. The maximum Gasteiger partial charge on any atom is 0.416 e. The summed E-state index contributed by atoms with van der Waals surface area (Å²) in [7, 11) is 0. The lowest BCUT2D eigenvalue weighted by Gasteiger charge is -2.29. The van der Waals surface area contributed by atoms with E-state index in [1.54, 1.807) is 6.92 Å². The number of esters is 1. The predicted octanol–water partition coefficient (Wildman–Crippen LogP) is 1.78. The van der Waals surface area contributed by atoms with Crippen LogP contribution in [-0.4, -0.2) is 70.7 Å². The van der Waals surface area contributed by atoms with Gasteiger partial charge in [-0.3, -0.25) is 23.5 Å². The fourth-order valence-corrected chi connectivity index (χ4v) is 4.67. The van der Waals surface area contributed by atoms with Crippen LogP contribution in [0.3, 0.4) is 0 Å². The Morgan fingerprint density at radius 1 is 1.28 bits per heavy atom. The summed E-state index contributed by atoms with van der Waals surface area (Å²) in [4.78, 5) is 50.5. The number of hydrogen-bond donors (Lipinski definition) is 4. The van der Waals surface area contributed by atoms with Crippen molar-refractivity contribution < 1.29 is 41.8 Å². The molecule has 2 aliphatic rings. The number of ketones is 1. The lowest BCUT2D eigenvalue weighted by Crippen LogP contribution is -2.53. The minimum absolute atomic E-state index is 0.0477. The van der Waals surface area contributed by atoms with E-state index in [1.807, 2.05) is 0 Å². The highest BCUT2D eigenvalue weighted by atomic mass is 32.1. The highest BCUT2D eigenvalue weighted by molar-refractivity contribution is 7.82. The quantitative estimate of drug-likeness (QED) is 0.303. The Morgan fingerprint density at radius 3 is 2.67 bits per heavy atom. The fourth-order valence-electron chi connectivity index (χ4n) is 4.00. The summed E-state index contributed by atoms with van der Waals surface area (Å²) in [6.07, 6.45) is -5.95. The first-order chi connectivity index (χ1) is 16.8. The number of Topliss-reactive ketones (excluding diaryl/α,β-unsaturated/α-hetero) is 1. The molecule has 0 spiro atoms. The number of ether oxygens (including phenoxy) is 2. The van der Waals surface area contributed by atoms with E-state index in [0.717, 1.165) is 12.1 Å². The molecule has 36 heavy (non-hydrogen) atoms. The van der Waals surface area contributed by atoms with Gasteiger partial charge in [-0.05, 0) is 31.5 Å². The van der Waals surface area contributed by atoms with Gasteiger partial charge < -0.3 is 20.1 Å². The second-order valence-corrected chi connectivity index (χ2v) is 9.95. The Hall–Kier alpha value is -2.29. The van der Waals surface area contributed by atoms with Crippen LogP contribution in [-0.2, 0) is 30.0 Å². The Balaban J connectivity index is 1.72. The molecule has 1 aromatic carbocycles. The molecule has 2 fully saturated rings. The van der Waals surface area contributed by atoms with Crippen LogP contribution in [0.5, 0.6) is 0 Å². The van der Waals surface area contributed by atoms with Crippen LogP contribution >= 0.6 is 25.4 Å². The molecule has 4 unspecified atom stereocenters. The molecule has 0 saturated carbocycles. The molecule has 2 heterocycles. The van der Waals surface area contributed by atoms with E-state index in [2.05, 4.69) is 36.1 Å². The molecule has 0 bridgehead atoms. The topological polar surface area (TPSA) is 114 Å². The van der Waals surface area contributed by atoms with Crippen molar-refractivity contribution in [1.29, 1.82) is 0 Å². The molecule has 2 N–H and O–H groups in total. The standard InChI is InChI=1S/C22H26F3N3O6S2/c1-2-33-20-14(9-17(30)34-20)26-16(29)10-21(35)6-7-28(36)11-15(18(21)31)27-19(32)12-4-3-5-13(8-12)22(23,24)25/h3-5,8,14-15,20,35-36H,2,6-7,9-11H2,1H3,(H,26,29)(H,27,32). The van der Waals surface area contributed by atoms with Crippen LogP contribution in [0.15, 0.2) is 24.3 Å². The van der Waals surface area contributed by atoms with Crippen molar-refractivity contribution in [2.45, 2.75) is 55.5 Å². The van der Waals surface area contributed by atoms with Crippen LogP contribution in [0.2, 0.25) is 0 Å². The summed E-state index contributed by atoms with van der Waals surface area (Å²) in [5.41, 5.74) is -1.28. The smallest absolute Gasteiger partial charge is 0.416 e. The van der Waals surface area contributed by atoms with Gasteiger partial charge >= 0.3 is 12.1 Å². The first-order valence-electron chi connectivity index (χ1n) is 11.1. The summed E-state index contributed by atoms with van der Waals surface area (Å²) in [5.74, 6) is -2.59. The van der Waals surface area contributed by atoms with Crippen molar-refractivity contribution >= 4 is 49.0 Å². The summed E-state index contributed by atoms with van der Waals surface area (Å²) < 4.78 is 49.4. The molecule has 14 heteroatoms. The third-order valence-corrected chi connectivity index (χ3v) is 6.77. The van der Waals surface area contributed by atoms with Crippen molar-refractivity contribution in [1.82, 2.24) is 14.9 Å². The van der Waals surface area contributed by atoms with Gasteiger partial charge in [0.05, 0.1) is 16.7 Å². The number of thiol groups is 2. The van der Waals surface area contributed by atoms with Crippen molar-refractivity contribution in [3.63, 3.8) is 0 Å². The number of cyclic esters (lactones) is 1. The van der Waals surface area contributed by atoms with E-state index >= 15 is 0 Å². The second-order valence-electron chi connectivity index (χ2n) is 8.53. The van der Waals surface area contributed by atoms with Gasteiger partial charge in [0.2, 0.25) is 12.2 Å². The van der Waals surface area contributed by atoms with Gasteiger partial charge in [0.25, 0.3) is 5.91 Å². The summed E-state index contributed by atoms with van der Waals surface area (Å²) >= 11 is 8.77. The number of rotatable bonds is 7. The van der Waals surface area contributed by atoms with Gasteiger partial charge in [0.15, 0.2) is 5.78 Å². The van der Waals surface area contributed by atoms with Crippen LogP contribution in [0.1, 0.15) is 42.1 Å². The van der Waals surface area contributed by atoms with E-state index < -0.39 is 58.4 Å². The molecule has 1 aromatic rings. The number of halogens is 3. The van der Waals surface area contributed by atoms with Gasteiger partial charge in [0, 0.05) is 31.7 Å². The zero-order valence-electron chi connectivity index (χ0n) is 19.2. The van der Waals surface area contributed by atoms with Gasteiger partial charge in [-0.25, -0.2) is 0 Å². The lowest BCUT2D eigenvalue weighted by molar-refractivity contribution is -0.164. The van der Waals surface area contributed by atoms with E-state index in [9.17, 15) is 32.3 Å². The zero-order valence-corrected chi connectivity index (χ0v) is 21.0. The van der Waals surface area contributed by atoms with Crippen LogP contribution in [0, 0.1) is 0 Å². The second kappa shape index (κ2) is 11.4. The maximum atomic E-state index is 13.4. The lowest BCUT2D eigenvalue weighted by atomic mass is 9.91. The average Bonchev–Trinajstić information content (AvgIpc) is 3.09. The minimum Gasteiger partial charge on any atom is -0.433 e. The zero-order chi connectivity index (χ0) is 26.7. The molecule has 198 valence electrons. The van der Waals surface area contributed by atoms with Crippen LogP contribution < -0.4 is 10.6 Å². The minimum atomic E-state index is -4.64. The molecule has 0 aliphatic carbocycles. The van der Waals surface area contributed by atoms with Crippen LogP contribution in [0.4, 0.5) is 13.2 Å². The molecule has 0 radical (unpaired) electrons. The third kappa shape index (κ3) is 6.93. The van der Waals surface area contributed by atoms with Crippen molar-refractivity contribution in [2.24, 2.45) is 0 Å². The Labute approximate surface area is 216 Å². The number of nitrogens with zero attached hydrogens (tertiary/aromatic N) is 1. The van der Waals surface area contributed by atoms with Crippen molar-refractivity contribution in [3.8, 4) is 0 Å². The van der Waals surface area contributed by atoms with Crippen molar-refractivity contribution in [2.75, 3.05) is 19.7 Å². The predicted molar refractivity (Wildman–Crippen MR) is 127 cm³/mol. The van der Waals surface area contributed by atoms with Gasteiger partial charge in [0.1, 0.15) is 12.1 Å². The fraction of sp³-hybridized carbons (Fsp3) is 0.545. The largest absolute Gasteiger partial charge is 0.433 e. The molecular weight excluding hydrogens is 523 g/mol. The molecule has 9 nitrogen and oxygen atoms in total. The number of benzene rings is 1. The monoisotopic (exact) mass is 549 g/mol. The summed E-state index contributed by atoms with van der Waals surface area (Å²) in [6, 6.07) is 1.89. The first kappa shape index (κ1) is 28.3. The van der Waals surface area contributed by atoms with E-state index in [4.69, 9.17) is 9.47 Å². The van der Waals surface area contributed by atoms with Gasteiger partial charge in [-0.1, -0.05) is 18.9 Å². The highest BCUT2D eigenvalue weighted by Crippen LogP contribution is 2.32. The number of alkyl halides is 3. The molecule has 0 aromatic heterocycles. The van der Waals surface area contributed by atoms with E-state index in [-0.39, 0.29) is 44.5 Å². The van der Waals surface area contributed by atoms with Gasteiger partial charge in [-0.15, -0.1) is 0 Å². The van der Waals surface area contributed by atoms with Crippen molar-refractivity contribution in [3.05, 3.63) is 35.4 Å². The Bertz CT molecular complexity index is 1030. The summed E-state index contributed by atoms with van der Waals surface area (Å²) in [6.45, 7) is 2.15. The molecule has 3 rings (SSSR count). The summed E-state index contributed by atoms with van der Waals surface area (Å²) in [5, 5.41) is 5.09. The maximum absolute atomic E-state index is 13.4. The molecular formula is C22H26F3N3O6S2. The molecule has 2 saturated heterocycles. The number of amides is 2. The molecule has 2 aliphatic heterocycles. The number of carbonyl (C=O) groups excluding carboxylic acids is 4. The number of carbonyl (C=O) groups is 4. The first-order valence-corrected chi connectivity index (χ1v) is 12.0. The van der Waals surface area contributed by atoms with E-state index in [1.165, 1.54) is 10.4 Å². The third-order valence-electron chi connectivity index (χ3n) is 5.80.